The van der Waals surface area contributed by atoms with E-state index in [9.17, 15) is 67.7 Å². The third-order valence-corrected chi connectivity index (χ3v) is 17.0. The number of carbonyl (C=O) groups is 12. The Bertz CT molecular complexity index is 3100. The molecular formula is C64H100N18O14S. The van der Waals surface area contributed by atoms with Crippen LogP contribution in [-0.2, 0) is 70.4 Å². The van der Waals surface area contributed by atoms with E-state index >= 15 is 0 Å². The predicted molar refractivity (Wildman–Crippen MR) is 364 cm³/mol. The van der Waals surface area contributed by atoms with Gasteiger partial charge in [-0.1, -0.05) is 76.6 Å². The van der Waals surface area contributed by atoms with Gasteiger partial charge in [0.2, 0.25) is 65.0 Å². The van der Waals surface area contributed by atoms with Gasteiger partial charge in [-0.3, -0.25) is 67.5 Å². The second-order valence-electron chi connectivity index (χ2n) is 25.0. The van der Waals surface area contributed by atoms with Crippen LogP contribution >= 0.6 is 12.6 Å². The first-order valence-corrected chi connectivity index (χ1v) is 33.3. The minimum atomic E-state index is -1.40. The molecule has 2 heterocycles. The van der Waals surface area contributed by atoms with Gasteiger partial charge in [-0.2, -0.15) is 12.6 Å². The fourth-order valence-electron chi connectivity index (χ4n) is 10.9. The summed E-state index contributed by atoms with van der Waals surface area (Å²) in [5.41, 5.74) is 29.2. The van der Waals surface area contributed by atoms with Crippen LogP contribution in [0, 0.1) is 11.8 Å². The largest absolute Gasteiger partial charge is 0.508 e. The predicted octanol–water partition coefficient (Wildman–Crippen LogP) is -2.88. The van der Waals surface area contributed by atoms with Crippen molar-refractivity contribution in [3.63, 3.8) is 0 Å². The van der Waals surface area contributed by atoms with Gasteiger partial charge in [0.25, 0.3) is 0 Å². The van der Waals surface area contributed by atoms with Crippen molar-refractivity contribution in [1.29, 1.82) is 0 Å². The summed E-state index contributed by atoms with van der Waals surface area (Å²) < 4.78 is 0. The average Bonchev–Trinajstić information content (AvgIpc) is 1.75. The maximum absolute atomic E-state index is 14.8. The highest BCUT2D eigenvalue weighted by atomic mass is 32.1. The molecular weight excluding hydrogens is 1280 g/mol. The smallest absolute Gasteiger partial charge is 0.325 e. The van der Waals surface area contributed by atoms with Crippen LogP contribution in [0.5, 0.6) is 5.75 Å². The number of aromatic hydroxyl groups is 1. The van der Waals surface area contributed by atoms with E-state index in [4.69, 9.17) is 28.7 Å². The minimum Gasteiger partial charge on any atom is -0.508 e. The third kappa shape index (κ3) is 26.0. The number of amides is 11. The number of hydrogen-bond donors (Lipinski definition) is 17. The number of nitrogens with zero attached hydrogens (tertiary/aromatic N) is 4. The second kappa shape index (κ2) is 39.7. The topological polar surface area (TPSA) is 515 Å². The zero-order chi connectivity index (χ0) is 72.2. The van der Waals surface area contributed by atoms with Crippen LogP contribution in [0.3, 0.4) is 0 Å². The highest BCUT2D eigenvalue weighted by molar-refractivity contribution is 7.80. The Kier molecular flexibility index (Phi) is 32.8. The van der Waals surface area contributed by atoms with Gasteiger partial charge < -0.3 is 96.5 Å². The molecule has 33 heteroatoms. The molecule has 2 aliphatic heterocycles. The van der Waals surface area contributed by atoms with Gasteiger partial charge in [0, 0.05) is 44.8 Å². The molecule has 13 atom stereocenters. The van der Waals surface area contributed by atoms with E-state index in [1.54, 1.807) is 44.2 Å². The van der Waals surface area contributed by atoms with E-state index in [0.29, 0.717) is 30.4 Å². The van der Waals surface area contributed by atoms with Crippen molar-refractivity contribution in [2.75, 3.05) is 31.9 Å². The number of aliphatic carboxylic acids is 1. The van der Waals surface area contributed by atoms with Crippen LogP contribution in [0.1, 0.15) is 124 Å². The average molecular weight is 1380 g/mol. The van der Waals surface area contributed by atoms with Gasteiger partial charge in [-0.15, -0.1) is 0 Å². The fourth-order valence-corrected chi connectivity index (χ4v) is 11.1. The maximum atomic E-state index is 14.8. The molecule has 2 aromatic carbocycles. The first-order chi connectivity index (χ1) is 45.8. The number of aliphatic imine (C=N–C) groups is 2. The number of guanidine groups is 2. The number of hydrogen-bond acceptors (Lipinski definition) is 17. The first-order valence-electron chi connectivity index (χ1n) is 32.7. The lowest BCUT2D eigenvalue weighted by Gasteiger charge is -2.33. The van der Waals surface area contributed by atoms with Crippen LogP contribution in [0.25, 0.3) is 0 Å². The number of nitrogens with one attached hydrogen (secondary N) is 9. The lowest BCUT2D eigenvalue weighted by Crippen LogP contribution is -2.61. The molecule has 2 fully saturated rings. The monoisotopic (exact) mass is 1380 g/mol. The van der Waals surface area contributed by atoms with Gasteiger partial charge in [0.05, 0.1) is 6.04 Å². The molecule has 2 saturated heterocycles. The Morgan fingerprint density at radius 3 is 1.45 bits per heavy atom. The SMILES string of the molecule is CC[C@H](C)[C@H](NC(=O)[C@H](Cc1ccc(O)cc1)NC(=O)[C@H](C)NC(=O)[C@H](Cc1ccccc1)NC(=O)[C@@H](N)CS)C(=O)N[C@@H](C)C(=O)N[C@@H](CCCN=C(N)N)C(=O)N1CCC[C@H]1C(=O)N[C@@H](CC(C)C)C(=O)N1CCC[C@H]1C(=O)N[C@@H](CCCN=C(N)N)C(=O)N[C@@H](C)C(=O)O. The number of likely N-dealkylation sites (tertiary alicyclic amines) is 2. The first kappa shape index (κ1) is 80.2. The molecule has 4 rings (SSSR count). The van der Waals surface area contributed by atoms with Crippen molar-refractivity contribution in [3.8, 4) is 5.75 Å². The zero-order valence-corrected chi connectivity index (χ0v) is 57.1. The van der Waals surface area contributed by atoms with E-state index in [-0.39, 0.29) is 113 Å². The summed E-state index contributed by atoms with van der Waals surface area (Å²) >= 11 is 4.09. The van der Waals surface area contributed by atoms with Crippen molar-refractivity contribution < 1.29 is 67.7 Å². The Hall–Kier alpha value is -9.27. The minimum absolute atomic E-state index is 0.00816. The number of carboxylic acid groups (broad SMARTS) is 1. The normalized spacial score (nSPS) is 17.7. The fraction of sp³-hybridized carbons (Fsp3) is 0.594. The van der Waals surface area contributed by atoms with E-state index in [1.165, 1.54) is 54.8 Å². The van der Waals surface area contributed by atoms with Crippen molar-refractivity contribution in [2.24, 2.45) is 50.5 Å². The van der Waals surface area contributed by atoms with Crippen molar-refractivity contribution in [1.82, 2.24) is 57.7 Å². The lowest BCUT2D eigenvalue weighted by atomic mass is 9.96. The van der Waals surface area contributed by atoms with Gasteiger partial charge in [-0.25, -0.2) is 0 Å². The highest BCUT2D eigenvalue weighted by Gasteiger charge is 2.43. The van der Waals surface area contributed by atoms with Crippen LogP contribution in [0.2, 0.25) is 0 Å². The van der Waals surface area contributed by atoms with Gasteiger partial charge >= 0.3 is 5.97 Å². The van der Waals surface area contributed by atoms with Gasteiger partial charge in [0.1, 0.15) is 72.2 Å². The van der Waals surface area contributed by atoms with E-state index < -0.39 is 149 Å². The molecule has 0 bridgehead atoms. The molecule has 2 aliphatic rings. The Labute approximate surface area is 570 Å². The molecule has 32 nitrogen and oxygen atoms in total. The standard InChI is InChI=1S/C64H100N18O14S/c1-8-35(4)50(80-56(89)46(32-40-22-24-41(83)25-23-40)77-52(85)36(5)72-55(88)45(78-53(86)42(65)33-97)31-39-16-10-9-11-17-39)59(92)73-37(6)51(84)76-44(19-13-27-71-64(68)69)60(93)81-28-14-21-49(81)58(91)79-47(30-34(2)3)61(94)82-29-15-20-48(82)57(90)75-43(18-12-26-70-63(66)67)54(87)74-38(7)62(95)96/h9-11,16-17,22-25,34-38,42-50,83,97H,8,12-15,18-21,26-33,65H2,1-7H3,(H,72,88)(H,73,92)(H,74,87)(H,75,90)(H,76,84)(H,77,85)(H,78,86)(H,79,91)(H,80,89)(H,95,96)(H4,66,67,70)(H4,68,69,71)/t35-,36-,37-,38-,42-,43-,44-,45-,46-,47-,48-,49-,50-/m0/s1. The third-order valence-electron chi connectivity index (χ3n) is 16.6. The summed E-state index contributed by atoms with van der Waals surface area (Å²) in [6.45, 7) is 11.5. The Morgan fingerprint density at radius 2 is 0.969 bits per heavy atom. The lowest BCUT2D eigenvalue weighted by molar-refractivity contribution is -0.145. The molecule has 0 unspecified atom stereocenters. The summed E-state index contributed by atoms with van der Waals surface area (Å²) in [6, 6.07) is -0.177. The number of phenols is 1. The van der Waals surface area contributed by atoms with Gasteiger partial charge in [0.15, 0.2) is 11.9 Å². The molecule has 0 saturated carbocycles. The summed E-state index contributed by atoms with van der Waals surface area (Å²) in [5, 5.41) is 43.4. The molecule has 0 spiro atoms. The molecule has 0 aliphatic carbocycles. The number of rotatable bonds is 38. The molecule has 2 aromatic rings. The van der Waals surface area contributed by atoms with E-state index in [0.717, 1.165) is 0 Å². The number of benzene rings is 2. The molecule has 21 N–H and O–H groups in total. The van der Waals surface area contributed by atoms with Crippen LogP contribution in [0.4, 0.5) is 0 Å². The maximum Gasteiger partial charge on any atom is 0.325 e. The summed E-state index contributed by atoms with van der Waals surface area (Å²) in [6.07, 6.45) is 1.82. The number of phenolic OH excluding ortho intramolecular Hbond substituents is 1. The van der Waals surface area contributed by atoms with Crippen molar-refractivity contribution in [3.05, 3.63) is 65.7 Å². The zero-order valence-electron chi connectivity index (χ0n) is 56.2. The molecule has 97 heavy (non-hydrogen) atoms. The molecule has 536 valence electrons. The molecule has 11 amide bonds. The Balaban J connectivity index is 1.52. The number of thiol groups is 1. The van der Waals surface area contributed by atoms with Gasteiger partial charge in [-0.05, 0) is 114 Å². The van der Waals surface area contributed by atoms with E-state index in [1.807, 2.05) is 13.8 Å². The van der Waals surface area contributed by atoms with Crippen molar-refractivity contribution >= 4 is 95.5 Å². The molecule has 0 radical (unpaired) electrons. The van der Waals surface area contributed by atoms with Crippen LogP contribution < -0.4 is 76.5 Å². The van der Waals surface area contributed by atoms with E-state index in [2.05, 4.69) is 70.5 Å². The molecule has 0 aromatic heterocycles. The summed E-state index contributed by atoms with van der Waals surface area (Å²) in [4.78, 5) is 177. The number of nitrogens with two attached hydrogens (primary N) is 5. The number of carbonyl (C=O) groups excluding carboxylic acids is 11. The number of carboxylic acids is 1. The second-order valence-corrected chi connectivity index (χ2v) is 25.3. The van der Waals surface area contributed by atoms with Crippen LogP contribution in [-0.4, -0.2) is 207 Å². The van der Waals surface area contributed by atoms with Crippen molar-refractivity contribution in [2.45, 2.75) is 198 Å². The Morgan fingerprint density at radius 1 is 0.536 bits per heavy atom. The highest BCUT2D eigenvalue weighted by Crippen LogP contribution is 2.24. The van der Waals surface area contributed by atoms with Crippen LogP contribution in [0.15, 0.2) is 64.6 Å². The summed E-state index contributed by atoms with van der Waals surface area (Å²) in [5.74, 6) is -10.6. The quantitative estimate of drug-likeness (QED) is 0.0139. The summed E-state index contributed by atoms with van der Waals surface area (Å²) in [7, 11) is 0.